The molecule has 0 N–H and O–H groups in total. The number of hydrogen-bond acceptors (Lipinski definition) is 3. The lowest BCUT2D eigenvalue weighted by atomic mass is 10.0. The maximum atomic E-state index is 13.0. The minimum Gasteiger partial charge on any atom is -0.377 e. The number of fused-ring (bicyclic) bond motifs is 1. The average molecular weight is 305 g/mol. The van der Waals surface area contributed by atoms with E-state index in [0.717, 1.165) is 44.7 Å². The van der Waals surface area contributed by atoms with E-state index in [4.69, 9.17) is 9.47 Å². The number of benzene rings is 1. The van der Waals surface area contributed by atoms with Crippen molar-refractivity contribution in [2.45, 2.75) is 31.5 Å². The molecule has 1 heterocycles. The quantitative estimate of drug-likeness (QED) is 0.596. The molecule has 0 aromatic heterocycles. The van der Waals surface area contributed by atoms with Crippen molar-refractivity contribution in [2.75, 3.05) is 26.4 Å². The Morgan fingerprint density at radius 3 is 2.91 bits per heavy atom. The largest absolute Gasteiger partial charge is 0.377 e. The van der Waals surface area contributed by atoms with Gasteiger partial charge in [-0.2, -0.15) is 0 Å². The molecule has 3 atom stereocenters. The molecule has 1 aliphatic carbocycles. The summed E-state index contributed by atoms with van der Waals surface area (Å²) in [7, 11) is 0. The van der Waals surface area contributed by atoms with E-state index in [9.17, 15) is 4.39 Å². The fourth-order valence-electron chi connectivity index (χ4n) is 3.64. The summed E-state index contributed by atoms with van der Waals surface area (Å²) in [5, 5.41) is 0. The first-order valence-electron chi connectivity index (χ1n) is 8.06. The molecule has 1 saturated carbocycles. The SMILES string of the molecule is C=CCOC[C@@H]1CC[C@H]2[C@H]1OCCN2Cc1ccc(F)cc1. The van der Waals surface area contributed by atoms with Crippen LogP contribution in [0, 0.1) is 11.7 Å². The first-order chi connectivity index (χ1) is 10.8. The van der Waals surface area contributed by atoms with Crippen LogP contribution in [0.2, 0.25) is 0 Å². The van der Waals surface area contributed by atoms with Crippen molar-refractivity contribution in [3.63, 3.8) is 0 Å². The number of ether oxygens (including phenoxy) is 2. The summed E-state index contributed by atoms with van der Waals surface area (Å²) in [6.45, 7) is 7.61. The van der Waals surface area contributed by atoms with E-state index in [1.54, 1.807) is 6.08 Å². The topological polar surface area (TPSA) is 21.7 Å². The van der Waals surface area contributed by atoms with Crippen molar-refractivity contribution < 1.29 is 13.9 Å². The zero-order valence-corrected chi connectivity index (χ0v) is 12.9. The van der Waals surface area contributed by atoms with E-state index in [2.05, 4.69) is 11.5 Å². The Balaban J connectivity index is 1.60. The molecule has 0 unspecified atom stereocenters. The van der Waals surface area contributed by atoms with Gasteiger partial charge in [-0.1, -0.05) is 18.2 Å². The van der Waals surface area contributed by atoms with Crippen LogP contribution in [0.1, 0.15) is 18.4 Å². The summed E-state index contributed by atoms with van der Waals surface area (Å²) < 4.78 is 24.7. The highest BCUT2D eigenvalue weighted by atomic mass is 19.1. The summed E-state index contributed by atoms with van der Waals surface area (Å²) in [6, 6.07) is 7.27. The van der Waals surface area contributed by atoms with Gasteiger partial charge in [0.05, 0.1) is 25.9 Å². The van der Waals surface area contributed by atoms with E-state index in [-0.39, 0.29) is 11.9 Å². The molecule has 0 radical (unpaired) electrons. The van der Waals surface area contributed by atoms with Gasteiger partial charge in [0, 0.05) is 25.0 Å². The van der Waals surface area contributed by atoms with Crippen molar-refractivity contribution in [3.8, 4) is 0 Å². The van der Waals surface area contributed by atoms with Gasteiger partial charge in [0.1, 0.15) is 5.82 Å². The van der Waals surface area contributed by atoms with Crippen molar-refractivity contribution in [1.29, 1.82) is 0 Å². The van der Waals surface area contributed by atoms with Crippen molar-refractivity contribution >= 4 is 0 Å². The van der Waals surface area contributed by atoms with Gasteiger partial charge < -0.3 is 9.47 Å². The first-order valence-corrected chi connectivity index (χ1v) is 8.06. The molecule has 1 aliphatic heterocycles. The Morgan fingerprint density at radius 1 is 1.32 bits per heavy atom. The lowest BCUT2D eigenvalue weighted by Crippen LogP contribution is -2.50. The lowest BCUT2D eigenvalue weighted by molar-refractivity contribution is -0.0869. The van der Waals surface area contributed by atoms with Gasteiger partial charge in [-0.05, 0) is 30.5 Å². The third-order valence-electron chi connectivity index (χ3n) is 4.70. The summed E-state index contributed by atoms with van der Waals surface area (Å²) in [5.41, 5.74) is 1.16. The summed E-state index contributed by atoms with van der Waals surface area (Å²) in [6.07, 6.45) is 4.34. The van der Waals surface area contributed by atoms with Crippen molar-refractivity contribution in [1.82, 2.24) is 4.90 Å². The van der Waals surface area contributed by atoms with E-state index in [1.807, 2.05) is 12.1 Å². The van der Waals surface area contributed by atoms with Crippen LogP contribution in [0.4, 0.5) is 4.39 Å². The van der Waals surface area contributed by atoms with Gasteiger partial charge >= 0.3 is 0 Å². The molecule has 0 bridgehead atoms. The summed E-state index contributed by atoms with van der Waals surface area (Å²) in [5.74, 6) is 0.296. The molecule has 1 aromatic rings. The summed E-state index contributed by atoms with van der Waals surface area (Å²) >= 11 is 0. The molecule has 1 aromatic carbocycles. The highest BCUT2D eigenvalue weighted by Crippen LogP contribution is 2.35. The van der Waals surface area contributed by atoms with E-state index in [1.165, 1.54) is 12.1 Å². The fourth-order valence-corrected chi connectivity index (χ4v) is 3.64. The number of hydrogen-bond donors (Lipinski definition) is 0. The molecule has 2 aliphatic rings. The molecule has 2 fully saturated rings. The molecule has 4 heteroatoms. The molecule has 3 nitrogen and oxygen atoms in total. The molecule has 3 rings (SSSR count). The second kappa shape index (κ2) is 7.36. The van der Waals surface area contributed by atoms with Gasteiger partial charge in [-0.3, -0.25) is 4.90 Å². The maximum Gasteiger partial charge on any atom is 0.123 e. The highest BCUT2D eigenvalue weighted by Gasteiger charge is 2.42. The van der Waals surface area contributed by atoms with Crippen LogP contribution >= 0.6 is 0 Å². The fraction of sp³-hybridized carbons (Fsp3) is 0.556. The van der Waals surface area contributed by atoms with Gasteiger partial charge in [-0.15, -0.1) is 6.58 Å². The molecule has 1 saturated heterocycles. The van der Waals surface area contributed by atoms with Crippen LogP contribution in [0.3, 0.4) is 0 Å². The van der Waals surface area contributed by atoms with Crippen LogP contribution in [0.15, 0.2) is 36.9 Å². The smallest absolute Gasteiger partial charge is 0.123 e. The normalized spacial score (nSPS) is 28.5. The standard InChI is InChI=1S/C18H24FNO2/c1-2-10-21-13-15-5-8-17-18(15)22-11-9-20(17)12-14-3-6-16(19)7-4-14/h2-4,6-7,15,17-18H,1,5,8-13H2/t15-,17-,18-/m0/s1. The second-order valence-electron chi connectivity index (χ2n) is 6.16. The van der Waals surface area contributed by atoms with E-state index in [0.29, 0.717) is 18.6 Å². The van der Waals surface area contributed by atoms with Gasteiger partial charge in [0.25, 0.3) is 0 Å². The lowest BCUT2D eigenvalue weighted by Gasteiger charge is -2.39. The molecular formula is C18H24FNO2. The van der Waals surface area contributed by atoms with Crippen molar-refractivity contribution in [3.05, 3.63) is 48.3 Å². The zero-order chi connectivity index (χ0) is 15.4. The minimum absolute atomic E-state index is 0.177. The second-order valence-corrected chi connectivity index (χ2v) is 6.16. The van der Waals surface area contributed by atoms with E-state index >= 15 is 0 Å². The molecule has 120 valence electrons. The zero-order valence-electron chi connectivity index (χ0n) is 12.9. The Morgan fingerprint density at radius 2 is 2.14 bits per heavy atom. The maximum absolute atomic E-state index is 13.0. The number of rotatable bonds is 6. The monoisotopic (exact) mass is 305 g/mol. The Hall–Kier alpha value is -1.23. The predicted octanol–water partition coefficient (Wildman–Crippen LogP) is 3.01. The van der Waals surface area contributed by atoms with Crippen LogP contribution in [-0.2, 0) is 16.0 Å². The number of morpholine rings is 1. The Bertz CT molecular complexity index is 490. The predicted molar refractivity (Wildman–Crippen MR) is 84.1 cm³/mol. The first kappa shape index (κ1) is 15.7. The number of halogens is 1. The van der Waals surface area contributed by atoms with Crippen LogP contribution in [0.5, 0.6) is 0 Å². The average Bonchev–Trinajstić information content (AvgIpc) is 2.94. The highest BCUT2D eigenvalue weighted by molar-refractivity contribution is 5.16. The van der Waals surface area contributed by atoms with Crippen LogP contribution in [0.25, 0.3) is 0 Å². The van der Waals surface area contributed by atoms with Crippen LogP contribution < -0.4 is 0 Å². The third-order valence-corrected chi connectivity index (χ3v) is 4.70. The van der Waals surface area contributed by atoms with E-state index < -0.39 is 0 Å². The molecule has 0 spiro atoms. The minimum atomic E-state index is -0.177. The van der Waals surface area contributed by atoms with Gasteiger partial charge in [0.2, 0.25) is 0 Å². The van der Waals surface area contributed by atoms with Crippen LogP contribution in [-0.4, -0.2) is 43.4 Å². The Kier molecular flexibility index (Phi) is 5.24. The number of nitrogens with zero attached hydrogens (tertiary/aromatic N) is 1. The molecule has 0 amide bonds. The Labute approximate surface area is 131 Å². The third kappa shape index (κ3) is 3.57. The van der Waals surface area contributed by atoms with Crippen molar-refractivity contribution in [2.24, 2.45) is 5.92 Å². The van der Waals surface area contributed by atoms with Gasteiger partial charge in [0.15, 0.2) is 0 Å². The van der Waals surface area contributed by atoms with Gasteiger partial charge in [-0.25, -0.2) is 4.39 Å². The molecule has 22 heavy (non-hydrogen) atoms. The molecular weight excluding hydrogens is 281 g/mol. The summed E-state index contributed by atoms with van der Waals surface area (Å²) in [4.78, 5) is 2.48.